The van der Waals surface area contributed by atoms with Crippen molar-refractivity contribution in [2.45, 2.75) is 31.6 Å². The van der Waals surface area contributed by atoms with E-state index in [-0.39, 0.29) is 35.1 Å². The van der Waals surface area contributed by atoms with Gasteiger partial charge in [0.05, 0.1) is 24.0 Å². The highest BCUT2D eigenvalue weighted by atomic mass is 32.2. The maximum atomic E-state index is 12.6. The lowest BCUT2D eigenvalue weighted by Crippen LogP contribution is -2.37. The van der Waals surface area contributed by atoms with Crippen LogP contribution in [0.3, 0.4) is 0 Å². The molecule has 0 unspecified atom stereocenters. The van der Waals surface area contributed by atoms with Crippen molar-refractivity contribution in [2.24, 2.45) is 4.99 Å². The second-order valence-corrected chi connectivity index (χ2v) is 10.8. The van der Waals surface area contributed by atoms with E-state index in [0.29, 0.717) is 5.17 Å². The number of anilines is 1. The number of carbonyl (C=O) groups is 1. The minimum absolute atomic E-state index is 0.0866. The molecule has 7 heteroatoms. The van der Waals surface area contributed by atoms with Crippen LogP contribution >= 0.6 is 11.8 Å². The predicted octanol–water partition coefficient (Wildman–Crippen LogP) is 3.15. The number of amidine groups is 1. The summed E-state index contributed by atoms with van der Waals surface area (Å²) in [4.78, 5) is 18.9. The second kappa shape index (κ2) is 7.37. The number of nitrogens with zero attached hydrogens (tertiary/aromatic N) is 2. The zero-order chi connectivity index (χ0) is 19.9. The van der Waals surface area contributed by atoms with Crippen LogP contribution in [0.5, 0.6) is 0 Å². The molecule has 2 saturated heterocycles. The normalized spacial score (nSPS) is 24.5. The first-order chi connectivity index (χ1) is 13.3. The van der Waals surface area contributed by atoms with E-state index in [9.17, 15) is 13.2 Å². The third kappa shape index (κ3) is 4.00. The second-order valence-electron chi connectivity index (χ2n) is 7.46. The minimum Gasteiger partial charge on any atom is -0.316 e. The molecular weight excluding hydrogens is 392 g/mol. The molecular formula is C21H22N2O3S2. The van der Waals surface area contributed by atoms with E-state index in [1.807, 2.05) is 67.3 Å². The summed E-state index contributed by atoms with van der Waals surface area (Å²) in [5, 5.41) is 0.518. The Bertz CT molecular complexity index is 1050. The number of fused-ring (bicyclic) bond motifs is 1. The molecule has 0 bridgehead atoms. The van der Waals surface area contributed by atoms with Gasteiger partial charge in [0.15, 0.2) is 15.0 Å². The van der Waals surface area contributed by atoms with Gasteiger partial charge in [0.25, 0.3) is 5.91 Å². The van der Waals surface area contributed by atoms with Crippen LogP contribution < -0.4 is 4.90 Å². The average molecular weight is 415 g/mol. The number of sulfone groups is 1. The van der Waals surface area contributed by atoms with Gasteiger partial charge < -0.3 is 4.90 Å². The van der Waals surface area contributed by atoms with Gasteiger partial charge in [-0.2, -0.15) is 4.99 Å². The summed E-state index contributed by atoms with van der Waals surface area (Å²) < 4.78 is 24.3. The number of aliphatic imine (C=N–C) groups is 1. The van der Waals surface area contributed by atoms with Gasteiger partial charge in [-0.15, -0.1) is 0 Å². The number of benzene rings is 2. The number of rotatable bonds is 3. The number of aryl methyl sites for hydroxylation is 2. The van der Waals surface area contributed by atoms with Gasteiger partial charge >= 0.3 is 0 Å². The monoisotopic (exact) mass is 414 g/mol. The molecule has 0 saturated carbocycles. The van der Waals surface area contributed by atoms with E-state index in [1.54, 1.807) is 0 Å². The Labute approximate surface area is 169 Å². The molecule has 2 aromatic carbocycles. The van der Waals surface area contributed by atoms with E-state index < -0.39 is 9.84 Å². The van der Waals surface area contributed by atoms with Crippen LogP contribution in [0.4, 0.5) is 5.69 Å². The van der Waals surface area contributed by atoms with Crippen LogP contribution in [-0.2, 0) is 21.1 Å². The van der Waals surface area contributed by atoms with Crippen molar-refractivity contribution in [2.75, 3.05) is 16.4 Å². The summed E-state index contributed by atoms with van der Waals surface area (Å²) in [5.41, 5.74) is 4.04. The number of carbonyl (C=O) groups excluding carboxylic acids is 1. The van der Waals surface area contributed by atoms with E-state index in [1.165, 1.54) is 11.8 Å². The fraction of sp³-hybridized carbons (Fsp3) is 0.333. The Morgan fingerprint density at radius 3 is 2.57 bits per heavy atom. The lowest BCUT2D eigenvalue weighted by atomic mass is 10.1. The predicted molar refractivity (Wildman–Crippen MR) is 115 cm³/mol. The Morgan fingerprint density at radius 1 is 1.11 bits per heavy atom. The van der Waals surface area contributed by atoms with Crippen LogP contribution in [-0.4, -0.2) is 42.3 Å². The van der Waals surface area contributed by atoms with Crippen molar-refractivity contribution in [1.29, 1.82) is 0 Å². The van der Waals surface area contributed by atoms with E-state index in [4.69, 9.17) is 0 Å². The van der Waals surface area contributed by atoms with E-state index in [2.05, 4.69) is 4.99 Å². The Balaban J connectivity index is 1.63. The average Bonchev–Trinajstić information content (AvgIpc) is 3.07. The van der Waals surface area contributed by atoms with Crippen molar-refractivity contribution < 1.29 is 13.2 Å². The van der Waals surface area contributed by atoms with E-state index in [0.717, 1.165) is 22.4 Å². The molecule has 0 aromatic heterocycles. The van der Waals surface area contributed by atoms with Gasteiger partial charge in [-0.1, -0.05) is 53.7 Å². The van der Waals surface area contributed by atoms with E-state index >= 15 is 0 Å². The third-order valence-corrected chi connectivity index (χ3v) is 8.25. The summed E-state index contributed by atoms with van der Waals surface area (Å²) in [7, 11) is -3.06. The molecule has 28 heavy (non-hydrogen) atoms. The molecule has 2 heterocycles. The van der Waals surface area contributed by atoms with Crippen LogP contribution in [0.25, 0.3) is 0 Å². The fourth-order valence-electron chi connectivity index (χ4n) is 3.67. The summed E-state index contributed by atoms with van der Waals surface area (Å²) in [6, 6.07) is 15.6. The van der Waals surface area contributed by atoms with Crippen LogP contribution in [0.1, 0.15) is 16.7 Å². The summed E-state index contributed by atoms with van der Waals surface area (Å²) in [5.74, 6) is 0.0198. The van der Waals surface area contributed by atoms with Gasteiger partial charge in [-0.3, -0.25) is 4.79 Å². The number of thioether (sulfide) groups is 1. The van der Waals surface area contributed by atoms with Gasteiger partial charge in [-0.05, 0) is 37.1 Å². The van der Waals surface area contributed by atoms with Crippen molar-refractivity contribution in [3.8, 4) is 0 Å². The fourth-order valence-corrected chi connectivity index (χ4v) is 7.60. The molecule has 146 valence electrons. The molecule has 2 aliphatic heterocycles. The molecule has 1 amide bonds. The number of amides is 1. The molecule has 2 atom stereocenters. The van der Waals surface area contributed by atoms with Gasteiger partial charge in [0, 0.05) is 10.9 Å². The summed E-state index contributed by atoms with van der Waals surface area (Å²) in [6.07, 6.45) is 0.236. The SMILES string of the molecule is Cc1ccc(CC(=O)N=C2S[C@@H]3CS(=O)(=O)C[C@H]3N2c2cccc(C)c2)cc1. The van der Waals surface area contributed by atoms with Crippen molar-refractivity contribution in [1.82, 2.24) is 0 Å². The lowest BCUT2D eigenvalue weighted by Gasteiger charge is -2.24. The maximum Gasteiger partial charge on any atom is 0.252 e. The molecule has 0 radical (unpaired) electrons. The van der Waals surface area contributed by atoms with Crippen molar-refractivity contribution in [3.05, 3.63) is 65.2 Å². The van der Waals surface area contributed by atoms with Gasteiger partial charge in [0.2, 0.25) is 0 Å². The standard InChI is InChI=1S/C21H22N2O3S2/c1-14-6-8-16(9-7-14)11-20(24)22-21-23(17-5-3-4-15(2)10-17)18-12-28(25,26)13-19(18)27-21/h3-10,18-19H,11-13H2,1-2H3/t18-,19-/m1/s1. The molecule has 0 spiro atoms. The van der Waals surface area contributed by atoms with Crippen molar-refractivity contribution in [3.63, 3.8) is 0 Å². The summed E-state index contributed by atoms with van der Waals surface area (Å²) in [6.45, 7) is 4.00. The molecule has 0 aliphatic carbocycles. The Morgan fingerprint density at radius 2 is 1.86 bits per heavy atom. The zero-order valence-electron chi connectivity index (χ0n) is 15.8. The molecule has 5 nitrogen and oxygen atoms in total. The molecule has 2 aromatic rings. The topological polar surface area (TPSA) is 66.8 Å². The smallest absolute Gasteiger partial charge is 0.252 e. The minimum atomic E-state index is -3.06. The lowest BCUT2D eigenvalue weighted by molar-refractivity contribution is -0.117. The van der Waals surface area contributed by atoms with Gasteiger partial charge in [-0.25, -0.2) is 8.42 Å². The molecule has 2 aliphatic rings. The largest absolute Gasteiger partial charge is 0.316 e. The molecule has 4 rings (SSSR count). The van der Waals surface area contributed by atoms with Crippen LogP contribution in [0.2, 0.25) is 0 Å². The van der Waals surface area contributed by atoms with Gasteiger partial charge in [0.1, 0.15) is 0 Å². The Hall–Kier alpha value is -2.12. The van der Waals surface area contributed by atoms with Crippen LogP contribution in [0.15, 0.2) is 53.5 Å². The zero-order valence-corrected chi connectivity index (χ0v) is 17.5. The maximum absolute atomic E-state index is 12.6. The first kappa shape index (κ1) is 19.2. The summed E-state index contributed by atoms with van der Waals surface area (Å²) >= 11 is 1.41. The highest BCUT2D eigenvalue weighted by Gasteiger charge is 2.49. The highest BCUT2D eigenvalue weighted by Crippen LogP contribution is 2.41. The first-order valence-corrected chi connectivity index (χ1v) is 11.9. The Kier molecular flexibility index (Phi) is 5.05. The number of hydrogen-bond acceptors (Lipinski definition) is 4. The third-order valence-electron chi connectivity index (χ3n) is 5.04. The number of hydrogen-bond donors (Lipinski definition) is 0. The van der Waals surface area contributed by atoms with Crippen LogP contribution in [0, 0.1) is 13.8 Å². The quantitative estimate of drug-likeness (QED) is 0.772. The first-order valence-electron chi connectivity index (χ1n) is 9.21. The molecule has 0 N–H and O–H groups in total. The van der Waals surface area contributed by atoms with Crippen molar-refractivity contribution >= 4 is 38.4 Å². The molecule has 2 fully saturated rings. The highest BCUT2D eigenvalue weighted by molar-refractivity contribution is 8.16.